The second-order valence-electron chi connectivity index (χ2n) is 3.84. The number of nitrogens with zero attached hydrogens (tertiary/aromatic N) is 1. The third-order valence-corrected chi connectivity index (χ3v) is 2.49. The molecule has 1 aromatic carbocycles. The Balaban J connectivity index is 2.62. The number of amides is 1. The molecular formula is C12H16N2O5. The normalized spacial score (nSPS) is 10.0. The molecule has 0 aliphatic heterocycles. The van der Waals surface area contributed by atoms with E-state index in [-0.39, 0.29) is 30.6 Å². The van der Waals surface area contributed by atoms with Crippen molar-refractivity contribution in [3.05, 3.63) is 33.9 Å². The summed E-state index contributed by atoms with van der Waals surface area (Å²) in [6, 6.07) is 4.28. The molecule has 0 aliphatic rings. The quantitative estimate of drug-likeness (QED) is 0.436. The minimum atomic E-state index is -0.562. The molecule has 19 heavy (non-hydrogen) atoms. The predicted octanol–water partition coefficient (Wildman–Crippen LogP) is 0.992. The Labute approximate surface area is 110 Å². The topological polar surface area (TPSA) is 102 Å². The number of carbonyl (C=O) groups is 1. The van der Waals surface area contributed by atoms with Crippen molar-refractivity contribution in [2.24, 2.45) is 0 Å². The van der Waals surface area contributed by atoms with Crippen LogP contribution in [-0.2, 0) is 11.4 Å². The van der Waals surface area contributed by atoms with Gasteiger partial charge in [0.15, 0.2) is 5.75 Å². The Morgan fingerprint density at radius 1 is 1.53 bits per heavy atom. The lowest BCUT2D eigenvalue weighted by Crippen LogP contribution is -2.18. The van der Waals surface area contributed by atoms with E-state index in [1.54, 1.807) is 13.1 Å². The number of carbonyl (C=O) groups excluding carboxylic acids is 1. The Hall–Kier alpha value is -2.15. The summed E-state index contributed by atoms with van der Waals surface area (Å²) in [6.45, 7) is -0.0511. The molecule has 7 nitrogen and oxygen atoms in total. The summed E-state index contributed by atoms with van der Waals surface area (Å²) < 4.78 is 5.29. The first-order chi connectivity index (χ1) is 9.08. The van der Waals surface area contributed by atoms with Gasteiger partial charge in [-0.25, -0.2) is 0 Å². The van der Waals surface area contributed by atoms with Crippen LogP contribution in [0.5, 0.6) is 5.75 Å². The van der Waals surface area contributed by atoms with E-state index in [4.69, 9.17) is 9.84 Å². The van der Waals surface area contributed by atoms with Gasteiger partial charge in [0.2, 0.25) is 5.91 Å². The highest BCUT2D eigenvalue weighted by Crippen LogP contribution is 2.28. The molecule has 2 N–H and O–H groups in total. The average molecular weight is 268 g/mol. The lowest BCUT2D eigenvalue weighted by molar-refractivity contribution is -0.386. The van der Waals surface area contributed by atoms with Gasteiger partial charge in [-0.05, 0) is 18.1 Å². The SMILES string of the molecule is CNC(=O)CCCOc1ccc(CO)cc1[N+](=O)[O-]. The molecule has 0 spiro atoms. The molecule has 0 fully saturated rings. The van der Waals surface area contributed by atoms with Crippen LogP contribution in [0.3, 0.4) is 0 Å². The number of aliphatic hydroxyl groups excluding tert-OH is 1. The molecule has 0 bridgehead atoms. The molecule has 0 heterocycles. The second kappa shape index (κ2) is 7.32. The minimum absolute atomic E-state index is 0.103. The summed E-state index contributed by atoms with van der Waals surface area (Å²) in [6.07, 6.45) is 0.775. The Kier molecular flexibility index (Phi) is 5.74. The Morgan fingerprint density at radius 3 is 2.84 bits per heavy atom. The summed E-state index contributed by atoms with van der Waals surface area (Å²) in [5, 5.41) is 22.3. The van der Waals surface area contributed by atoms with Gasteiger partial charge in [-0.15, -0.1) is 0 Å². The molecule has 1 aromatic rings. The molecule has 0 unspecified atom stereocenters. The zero-order chi connectivity index (χ0) is 14.3. The van der Waals surface area contributed by atoms with Gasteiger partial charge in [-0.3, -0.25) is 14.9 Å². The highest BCUT2D eigenvalue weighted by molar-refractivity contribution is 5.75. The van der Waals surface area contributed by atoms with E-state index in [9.17, 15) is 14.9 Å². The minimum Gasteiger partial charge on any atom is -0.487 e. The number of aliphatic hydroxyl groups is 1. The van der Waals surface area contributed by atoms with E-state index in [0.29, 0.717) is 18.4 Å². The van der Waals surface area contributed by atoms with Crippen LogP contribution in [0.4, 0.5) is 5.69 Å². The zero-order valence-electron chi connectivity index (χ0n) is 10.6. The van der Waals surface area contributed by atoms with Crippen LogP contribution >= 0.6 is 0 Å². The van der Waals surface area contributed by atoms with E-state index in [1.165, 1.54) is 12.1 Å². The molecular weight excluding hydrogens is 252 g/mol. The lowest BCUT2D eigenvalue weighted by Gasteiger charge is -2.07. The number of benzene rings is 1. The van der Waals surface area contributed by atoms with Crippen LogP contribution in [0, 0.1) is 10.1 Å². The summed E-state index contributed by atoms with van der Waals surface area (Å²) >= 11 is 0. The highest BCUT2D eigenvalue weighted by atomic mass is 16.6. The first kappa shape index (κ1) is 14.9. The molecule has 0 saturated carbocycles. The highest BCUT2D eigenvalue weighted by Gasteiger charge is 2.15. The molecule has 0 aromatic heterocycles. The van der Waals surface area contributed by atoms with E-state index in [0.717, 1.165) is 0 Å². The fourth-order valence-electron chi connectivity index (χ4n) is 1.47. The Morgan fingerprint density at radius 2 is 2.26 bits per heavy atom. The van der Waals surface area contributed by atoms with Gasteiger partial charge < -0.3 is 15.2 Å². The molecule has 104 valence electrons. The van der Waals surface area contributed by atoms with E-state index in [2.05, 4.69) is 5.32 Å². The van der Waals surface area contributed by atoms with Crippen LogP contribution < -0.4 is 10.1 Å². The van der Waals surface area contributed by atoms with Crippen molar-refractivity contribution in [2.75, 3.05) is 13.7 Å². The number of hydrogen-bond donors (Lipinski definition) is 2. The van der Waals surface area contributed by atoms with Gasteiger partial charge in [0.25, 0.3) is 0 Å². The smallest absolute Gasteiger partial charge is 0.311 e. The summed E-state index contributed by atoms with van der Waals surface area (Å²) in [5.41, 5.74) is 0.260. The maximum atomic E-state index is 11.0. The van der Waals surface area contributed by atoms with Crippen LogP contribution in [0.2, 0.25) is 0 Å². The zero-order valence-corrected chi connectivity index (χ0v) is 10.6. The number of nitrogens with one attached hydrogen (secondary N) is 1. The maximum absolute atomic E-state index is 11.0. The molecule has 7 heteroatoms. The number of hydrogen-bond acceptors (Lipinski definition) is 5. The van der Waals surface area contributed by atoms with Gasteiger partial charge in [0.1, 0.15) is 0 Å². The fraction of sp³-hybridized carbons (Fsp3) is 0.417. The summed E-state index contributed by atoms with van der Waals surface area (Å²) in [5.74, 6) is 0.0350. The second-order valence-corrected chi connectivity index (χ2v) is 3.84. The van der Waals surface area contributed by atoms with E-state index in [1.807, 2.05) is 0 Å². The molecule has 0 saturated heterocycles. The first-order valence-electron chi connectivity index (χ1n) is 5.80. The number of nitro groups is 1. The van der Waals surface area contributed by atoms with Crippen molar-refractivity contribution in [1.29, 1.82) is 0 Å². The van der Waals surface area contributed by atoms with Gasteiger partial charge >= 0.3 is 5.69 Å². The van der Waals surface area contributed by atoms with Crippen molar-refractivity contribution in [3.63, 3.8) is 0 Å². The fourth-order valence-corrected chi connectivity index (χ4v) is 1.47. The Bertz CT molecular complexity index is 461. The van der Waals surface area contributed by atoms with Gasteiger partial charge in [-0.2, -0.15) is 0 Å². The van der Waals surface area contributed by atoms with Gasteiger partial charge in [0, 0.05) is 19.5 Å². The predicted molar refractivity (Wildman–Crippen MR) is 67.8 cm³/mol. The van der Waals surface area contributed by atoms with Crippen LogP contribution in [0.25, 0.3) is 0 Å². The summed E-state index contributed by atoms with van der Waals surface area (Å²) in [4.78, 5) is 21.3. The number of nitro benzene ring substituents is 1. The first-order valence-corrected chi connectivity index (χ1v) is 5.80. The summed E-state index contributed by atoms with van der Waals surface area (Å²) in [7, 11) is 1.54. The van der Waals surface area contributed by atoms with Crippen LogP contribution in [-0.4, -0.2) is 29.6 Å². The third-order valence-electron chi connectivity index (χ3n) is 2.49. The average Bonchev–Trinajstić information content (AvgIpc) is 2.43. The monoisotopic (exact) mass is 268 g/mol. The van der Waals surface area contributed by atoms with Gasteiger partial charge in [-0.1, -0.05) is 6.07 Å². The van der Waals surface area contributed by atoms with Crippen molar-refractivity contribution >= 4 is 11.6 Å². The van der Waals surface area contributed by atoms with E-state index >= 15 is 0 Å². The molecule has 1 amide bonds. The van der Waals surface area contributed by atoms with Crippen molar-refractivity contribution in [2.45, 2.75) is 19.4 Å². The lowest BCUT2D eigenvalue weighted by atomic mass is 10.2. The molecule has 0 aliphatic carbocycles. The number of rotatable bonds is 7. The third kappa shape index (κ3) is 4.55. The van der Waals surface area contributed by atoms with Crippen molar-refractivity contribution in [3.8, 4) is 5.75 Å². The van der Waals surface area contributed by atoms with Crippen molar-refractivity contribution < 1.29 is 19.6 Å². The van der Waals surface area contributed by atoms with E-state index < -0.39 is 4.92 Å². The van der Waals surface area contributed by atoms with Crippen molar-refractivity contribution in [1.82, 2.24) is 5.32 Å². The molecule has 1 rings (SSSR count). The van der Waals surface area contributed by atoms with Crippen LogP contribution in [0.15, 0.2) is 18.2 Å². The molecule has 0 atom stereocenters. The maximum Gasteiger partial charge on any atom is 0.311 e. The van der Waals surface area contributed by atoms with Gasteiger partial charge in [0.05, 0.1) is 18.1 Å². The largest absolute Gasteiger partial charge is 0.487 e. The standard InChI is InChI=1S/C12H16N2O5/c1-13-12(16)3-2-6-19-11-5-4-9(8-15)7-10(11)14(17)18/h4-5,7,15H,2-3,6,8H2,1H3,(H,13,16). The van der Waals surface area contributed by atoms with Crippen LogP contribution in [0.1, 0.15) is 18.4 Å². The molecule has 0 radical (unpaired) electrons. The number of ether oxygens (including phenoxy) is 1.